The molecule has 0 aromatic heterocycles. The molecule has 10 nitrogen and oxygen atoms in total. The molecule has 0 radical (unpaired) electrons. The summed E-state index contributed by atoms with van der Waals surface area (Å²) in [6.07, 6.45) is -3.43. The minimum absolute atomic E-state index is 0.0297. The van der Waals surface area contributed by atoms with Crippen LogP contribution in [-0.4, -0.2) is 59.6 Å². The lowest BCUT2D eigenvalue weighted by molar-refractivity contribution is -0.0121. The van der Waals surface area contributed by atoms with Crippen molar-refractivity contribution >= 4 is 15.6 Å². The van der Waals surface area contributed by atoms with Crippen molar-refractivity contribution in [1.82, 2.24) is 0 Å². The molecule has 0 aliphatic carbocycles. The Morgan fingerprint density at radius 2 is 1.67 bits per heavy atom. The number of hydrogen-bond donors (Lipinski definition) is 3. The van der Waals surface area contributed by atoms with Crippen LogP contribution in [0.2, 0.25) is 0 Å². The van der Waals surface area contributed by atoms with Crippen molar-refractivity contribution in [3.63, 3.8) is 0 Å². The van der Waals surface area contributed by atoms with Crippen LogP contribution in [0.3, 0.4) is 0 Å². The van der Waals surface area contributed by atoms with Gasteiger partial charge in [0.05, 0.1) is 26.4 Å². The highest BCUT2D eigenvalue weighted by Crippen LogP contribution is 2.47. The zero-order valence-electron chi connectivity index (χ0n) is 11.7. The molecule has 1 saturated heterocycles. The maximum atomic E-state index is 11.5. The van der Waals surface area contributed by atoms with Crippen molar-refractivity contribution in [2.45, 2.75) is 32.2 Å². The Hall–Kier alpha value is 0.140. The number of aliphatic hydroxyl groups excluding tert-OH is 1. The van der Waals surface area contributed by atoms with Crippen LogP contribution in [-0.2, 0) is 32.0 Å². The molecule has 126 valence electrons. The fourth-order valence-corrected chi connectivity index (χ4v) is 3.36. The van der Waals surface area contributed by atoms with E-state index in [0.717, 1.165) is 0 Å². The van der Waals surface area contributed by atoms with Crippen LogP contribution < -0.4 is 0 Å². The van der Waals surface area contributed by atoms with Gasteiger partial charge in [-0.2, -0.15) is 0 Å². The second kappa shape index (κ2) is 8.12. The molecule has 1 rings (SSSR count). The normalized spacial score (nSPS) is 31.8. The number of rotatable bonds is 9. The third kappa shape index (κ3) is 6.42. The zero-order chi connectivity index (χ0) is 16.1. The summed E-state index contributed by atoms with van der Waals surface area (Å²) in [5, 5.41) is 9.67. The fourth-order valence-electron chi connectivity index (χ4n) is 1.66. The summed E-state index contributed by atoms with van der Waals surface area (Å²) in [7, 11) is -8.59. The highest BCUT2D eigenvalue weighted by molar-refractivity contribution is 7.47. The SMILES string of the molecule is CCOP(=O)(O)OC[C@H]1OC[C@H](O)[C@@H]1OP(=O)(O)OCC. The quantitative estimate of drug-likeness (QED) is 0.501. The third-order valence-corrected chi connectivity index (χ3v) is 4.62. The molecule has 2 unspecified atom stereocenters. The van der Waals surface area contributed by atoms with Crippen molar-refractivity contribution in [3.8, 4) is 0 Å². The van der Waals surface area contributed by atoms with E-state index in [9.17, 15) is 24.0 Å². The lowest BCUT2D eigenvalue weighted by atomic mass is 10.2. The van der Waals surface area contributed by atoms with E-state index in [0.29, 0.717) is 0 Å². The van der Waals surface area contributed by atoms with Gasteiger partial charge in [0.2, 0.25) is 0 Å². The lowest BCUT2D eigenvalue weighted by Gasteiger charge is -2.23. The highest BCUT2D eigenvalue weighted by atomic mass is 31.2. The minimum atomic E-state index is -4.35. The molecule has 0 amide bonds. The van der Waals surface area contributed by atoms with E-state index in [4.69, 9.17) is 9.26 Å². The molecule has 1 aliphatic rings. The Kier molecular flexibility index (Phi) is 7.42. The first-order valence-electron chi connectivity index (χ1n) is 6.28. The number of phosphoric ester groups is 2. The van der Waals surface area contributed by atoms with E-state index < -0.39 is 40.6 Å². The van der Waals surface area contributed by atoms with Gasteiger partial charge in [-0.25, -0.2) is 9.13 Å². The van der Waals surface area contributed by atoms with Crippen LogP contribution in [0.4, 0.5) is 0 Å². The Bertz CT molecular complexity index is 415. The first-order chi connectivity index (χ1) is 9.71. The molecule has 1 heterocycles. The van der Waals surface area contributed by atoms with E-state index in [2.05, 4.69) is 13.6 Å². The molecule has 1 aliphatic heterocycles. The molecule has 21 heavy (non-hydrogen) atoms. The smallest absolute Gasteiger partial charge is 0.388 e. The van der Waals surface area contributed by atoms with Crippen LogP contribution in [0, 0.1) is 0 Å². The Balaban J connectivity index is 2.61. The van der Waals surface area contributed by atoms with Crippen molar-refractivity contribution in [3.05, 3.63) is 0 Å². The standard InChI is InChI=1S/C9H20O10P2/c1-3-16-20(11,12)18-6-8-9(7(10)5-15-8)19-21(13,14)17-4-2/h7-10H,3-6H2,1-2H3,(H,11,12)(H,13,14)/t7-,8+,9-/m0/s1. The molecule has 0 bridgehead atoms. The van der Waals surface area contributed by atoms with Gasteiger partial charge >= 0.3 is 15.6 Å². The fraction of sp³-hybridized carbons (Fsp3) is 1.00. The predicted molar refractivity (Wildman–Crippen MR) is 69.5 cm³/mol. The van der Waals surface area contributed by atoms with E-state index in [1.807, 2.05) is 0 Å². The maximum absolute atomic E-state index is 11.5. The van der Waals surface area contributed by atoms with Crippen LogP contribution in [0.5, 0.6) is 0 Å². The van der Waals surface area contributed by atoms with Gasteiger partial charge in [0.1, 0.15) is 18.3 Å². The molecule has 0 aromatic rings. The van der Waals surface area contributed by atoms with Gasteiger partial charge in [-0.15, -0.1) is 0 Å². The Labute approximate surface area is 122 Å². The Morgan fingerprint density at radius 3 is 2.24 bits per heavy atom. The lowest BCUT2D eigenvalue weighted by Crippen LogP contribution is -2.35. The predicted octanol–water partition coefficient (Wildman–Crippen LogP) is 0.422. The van der Waals surface area contributed by atoms with Crippen molar-refractivity contribution in [2.24, 2.45) is 0 Å². The van der Waals surface area contributed by atoms with Crippen molar-refractivity contribution in [1.29, 1.82) is 0 Å². The molecular formula is C9H20O10P2. The highest BCUT2D eigenvalue weighted by Gasteiger charge is 2.43. The van der Waals surface area contributed by atoms with E-state index in [-0.39, 0.29) is 19.8 Å². The topological polar surface area (TPSA) is 141 Å². The molecule has 0 saturated carbocycles. The number of ether oxygens (including phenoxy) is 1. The summed E-state index contributed by atoms with van der Waals surface area (Å²) in [6.45, 7) is 2.29. The molecule has 0 aromatic carbocycles. The summed E-state index contributed by atoms with van der Waals surface area (Å²) >= 11 is 0. The van der Waals surface area contributed by atoms with Gasteiger partial charge in [0.15, 0.2) is 0 Å². The maximum Gasteiger partial charge on any atom is 0.472 e. The summed E-state index contributed by atoms with van der Waals surface area (Å²) in [6, 6.07) is 0. The van der Waals surface area contributed by atoms with Crippen LogP contribution in [0.15, 0.2) is 0 Å². The molecular weight excluding hydrogens is 330 g/mol. The second-order valence-electron chi connectivity index (χ2n) is 4.08. The zero-order valence-corrected chi connectivity index (χ0v) is 13.4. The number of phosphoric acid groups is 2. The minimum Gasteiger partial charge on any atom is -0.388 e. The van der Waals surface area contributed by atoms with Gasteiger partial charge in [-0.05, 0) is 13.8 Å². The second-order valence-corrected chi connectivity index (χ2v) is 6.94. The first-order valence-corrected chi connectivity index (χ1v) is 9.27. The largest absolute Gasteiger partial charge is 0.472 e. The molecule has 12 heteroatoms. The number of aliphatic hydroxyl groups is 1. The average Bonchev–Trinajstić information content (AvgIpc) is 2.68. The summed E-state index contributed by atoms with van der Waals surface area (Å²) < 4.78 is 46.5. The van der Waals surface area contributed by atoms with Crippen LogP contribution in [0.1, 0.15) is 13.8 Å². The summed E-state index contributed by atoms with van der Waals surface area (Å²) in [5.41, 5.74) is 0. The average molecular weight is 350 g/mol. The van der Waals surface area contributed by atoms with Gasteiger partial charge in [0.25, 0.3) is 0 Å². The van der Waals surface area contributed by atoms with E-state index in [1.165, 1.54) is 13.8 Å². The van der Waals surface area contributed by atoms with Gasteiger partial charge < -0.3 is 19.6 Å². The molecule has 3 N–H and O–H groups in total. The van der Waals surface area contributed by atoms with Crippen molar-refractivity contribution in [2.75, 3.05) is 26.4 Å². The van der Waals surface area contributed by atoms with Gasteiger partial charge in [-0.3, -0.25) is 18.1 Å². The van der Waals surface area contributed by atoms with E-state index >= 15 is 0 Å². The molecule has 5 atom stereocenters. The first kappa shape index (κ1) is 19.2. The molecule has 0 spiro atoms. The van der Waals surface area contributed by atoms with E-state index in [1.54, 1.807) is 0 Å². The monoisotopic (exact) mass is 350 g/mol. The Morgan fingerprint density at radius 1 is 1.10 bits per heavy atom. The van der Waals surface area contributed by atoms with Gasteiger partial charge in [-0.1, -0.05) is 0 Å². The van der Waals surface area contributed by atoms with Crippen molar-refractivity contribution < 1.29 is 46.9 Å². The number of hydrogen-bond acceptors (Lipinski definition) is 8. The third-order valence-electron chi connectivity index (χ3n) is 2.47. The summed E-state index contributed by atoms with van der Waals surface area (Å²) in [4.78, 5) is 18.7. The van der Waals surface area contributed by atoms with Gasteiger partial charge in [0, 0.05) is 0 Å². The molecule has 1 fully saturated rings. The summed E-state index contributed by atoms with van der Waals surface area (Å²) in [5.74, 6) is 0. The van der Waals surface area contributed by atoms with Crippen LogP contribution >= 0.6 is 15.6 Å². The van der Waals surface area contributed by atoms with Crippen LogP contribution in [0.25, 0.3) is 0 Å².